The van der Waals surface area contributed by atoms with E-state index in [1.54, 1.807) is 24.5 Å². The normalized spacial score (nSPS) is 15.8. The minimum atomic E-state index is -0.221. The molecule has 0 saturated carbocycles. The maximum absolute atomic E-state index is 12.0. The van der Waals surface area contributed by atoms with E-state index >= 15 is 0 Å². The fourth-order valence-electron chi connectivity index (χ4n) is 1.69. The number of rotatable bonds is 2. The molecule has 0 unspecified atom stereocenters. The number of carbonyl (C=O) groups excluding carboxylic acids is 1. The second kappa shape index (κ2) is 7.23. The Morgan fingerprint density at radius 3 is 2.56 bits per heavy atom. The molecule has 0 radical (unpaired) electrons. The molecule has 1 N–H and O–H groups in total. The van der Waals surface area contributed by atoms with Crippen LogP contribution in [0.1, 0.15) is 37.0 Å². The molecule has 2 heterocycles. The molecule has 18 heavy (non-hydrogen) atoms. The molecule has 4 nitrogen and oxygen atoms in total. The number of hydrogen-bond donors (Lipinski definition) is 1. The number of ketones is 1. The molecular weight excluding hydrogens is 226 g/mol. The number of pyridine rings is 1. The number of nitrogens with one attached hydrogen (secondary N) is 1. The van der Waals surface area contributed by atoms with E-state index in [9.17, 15) is 4.79 Å². The Morgan fingerprint density at radius 1 is 1.39 bits per heavy atom. The average molecular weight is 243 g/mol. The van der Waals surface area contributed by atoms with Gasteiger partial charge in [-0.25, -0.2) is 4.85 Å². The van der Waals surface area contributed by atoms with Gasteiger partial charge in [-0.1, -0.05) is 13.8 Å². The summed E-state index contributed by atoms with van der Waals surface area (Å²) >= 11 is 0. The summed E-state index contributed by atoms with van der Waals surface area (Å²) in [6, 6.07) is 3.26. The minimum Gasteiger partial charge on any atom is -0.397 e. The summed E-state index contributed by atoms with van der Waals surface area (Å²) in [6.45, 7) is 11.9. The Bertz CT molecular complexity index is 464. The summed E-state index contributed by atoms with van der Waals surface area (Å²) in [4.78, 5) is 19.2. The maximum atomic E-state index is 12.0. The summed E-state index contributed by atoms with van der Waals surface area (Å²) in [7, 11) is 0. The highest BCUT2D eigenvalue weighted by molar-refractivity contribution is 6.10. The van der Waals surface area contributed by atoms with Gasteiger partial charge in [-0.2, -0.15) is 0 Å². The zero-order valence-corrected chi connectivity index (χ0v) is 10.7. The SMILES string of the molecule is CC.[C-]#[N+]/C(C(=O)c1ccncc1)=C1\CCCN1. The lowest BCUT2D eigenvalue weighted by Crippen LogP contribution is -2.11. The molecule has 0 atom stereocenters. The highest BCUT2D eigenvalue weighted by Crippen LogP contribution is 2.18. The second-order valence-corrected chi connectivity index (χ2v) is 3.53. The van der Waals surface area contributed by atoms with Crippen molar-refractivity contribution in [2.75, 3.05) is 6.54 Å². The van der Waals surface area contributed by atoms with Gasteiger partial charge in [0.25, 0.3) is 5.70 Å². The van der Waals surface area contributed by atoms with E-state index in [0.717, 1.165) is 25.1 Å². The zero-order chi connectivity index (χ0) is 13.4. The van der Waals surface area contributed by atoms with Crippen LogP contribution in [0.2, 0.25) is 0 Å². The number of aromatic nitrogens is 1. The van der Waals surface area contributed by atoms with Gasteiger partial charge < -0.3 is 10.1 Å². The van der Waals surface area contributed by atoms with Crippen LogP contribution in [-0.2, 0) is 0 Å². The van der Waals surface area contributed by atoms with Crippen LogP contribution < -0.4 is 5.32 Å². The van der Waals surface area contributed by atoms with Gasteiger partial charge >= 0.3 is 0 Å². The van der Waals surface area contributed by atoms with Crippen LogP contribution in [0.3, 0.4) is 0 Å². The molecule has 2 rings (SSSR count). The van der Waals surface area contributed by atoms with Crippen molar-refractivity contribution in [3.63, 3.8) is 0 Å². The molecule has 0 aromatic carbocycles. The standard InChI is InChI=1S/C12H11N3O.C2H6/c1-13-11(10-3-2-6-15-10)12(16)9-4-7-14-8-5-9;1-2/h4-5,7-8,15H,2-3,6H2;1-2H3/b11-10+;. The van der Waals surface area contributed by atoms with Gasteiger partial charge in [0, 0.05) is 30.2 Å². The Morgan fingerprint density at radius 2 is 2.06 bits per heavy atom. The first-order valence-corrected chi connectivity index (χ1v) is 6.12. The van der Waals surface area contributed by atoms with Crippen LogP contribution in [0, 0.1) is 6.57 Å². The zero-order valence-electron chi connectivity index (χ0n) is 10.7. The van der Waals surface area contributed by atoms with Crippen molar-refractivity contribution in [1.29, 1.82) is 0 Å². The summed E-state index contributed by atoms with van der Waals surface area (Å²) in [5.41, 5.74) is 1.50. The molecule has 1 fully saturated rings. The third-order valence-corrected chi connectivity index (χ3v) is 2.50. The Balaban J connectivity index is 0.000000771. The van der Waals surface area contributed by atoms with Crippen molar-refractivity contribution in [2.24, 2.45) is 0 Å². The minimum absolute atomic E-state index is 0.212. The smallest absolute Gasteiger partial charge is 0.252 e. The molecule has 1 aromatic rings. The van der Waals surface area contributed by atoms with E-state index in [0.29, 0.717) is 5.56 Å². The van der Waals surface area contributed by atoms with Crippen molar-refractivity contribution < 1.29 is 4.79 Å². The lowest BCUT2D eigenvalue weighted by Gasteiger charge is -2.03. The number of hydrogen-bond acceptors (Lipinski definition) is 3. The maximum Gasteiger partial charge on any atom is 0.252 e. The van der Waals surface area contributed by atoms with Gasteiger partial charge in [-0.05, 0) is 25.0 Å². The average Bonchev–Trinajstić information content (AvgIpc) is 2.97. The van der Waals surface area contributed by atoms with Gasteiger partial charge in [-0.15, -0.1) is 0 Å². The molecule has 4 heteroatoms. The highest BCUT2D eigenvalue weighted by atomic mass is 16.1. The molecule has 1 aliphatic rings. The Labute approximate surface area is 108 Å². The van der Waals surface area contributed by atoms with Crippen LogP contribution >= 0.6 is 0 Å². The number of nitrogens with zero attached hydrogens (tertiary/aromatic N) is 2. The second-order valence-electron chi connectivity index (χ2n) is 3.53. The van der Waals surface area contributed by atoms with Crippen LogP contribution in [0.25, 0.3) is 4.85 Å². The molecule has 0 aliphatic carbocycles. The largest absolute Gasteiger partial charge is 0.397 e. The monoisotopic (exact) mass is 243 g/mol. The van der Waals surface area contributed by atoms with Crippen LogP contribution in [0.15, 0.2) is 35.9 Å². The first kappa shape index (κ1) is 13.9. The number of carbonyl (C=O) groups is 1. The Kier molecular flexibility index (Phi) is 5.59. The van der Waals surface area contributed by atoms with E-state index < -0.39 is 0 Å². The van der Waals surface area contributed by atoms with Gasteiger partial charge in [0.1, 0.15) is 0 Å². The van der Waals surface area contributed by atoms with Gasteiger partial charge in [0.05, 0.1) is 6.57 Å². The van der Waals surface area contributed by atoms with E-state index in [-0.39, 0.29) is 11.5 Å². The fraction of sp³-hybridized carbons (Fsp3) is 0.357. The van der Waals surface area contributed by atoms with Gasteiger partial charge in [-0.3, -0.25) is 4.98 Å². The molecular formula is C14H17N3O. The predicted molar refractivity (Wildman–Crippen MR) is 70.8 cm³/mol. The van der Waals surface area contributed by atoms with Crippen molar-refractivity contribution in [3.05, 3.63) is 52.9 Å². The molecule has 1 aliphatic heterocycles. The topological polar surface area (TPSA) is 46.4 Å². The van der Waals surface area contributed by atoms with Gasteiger partial charge in [0.2, 0.25) is 0 Å². The predicted octanol–water partition coefficient (Wildman–Crippen LogP) is 2.80. The number of Topliss-reactive ketones (excluding diaryl/α,β-unsaturated/α-hetero) is 1. The van der Waals surface area contributed by atoms with Crippen molar-refractivity contribution in [1.82, 2.24) is 10.3 Å². The molecule has 0 bridgehead atoms. The van der Waals surface area contributed by atoms with Gasteiger partial charge in [0.15, 0.2) is 5.78 Å². The lowest BCUT2D eigenvalue weighted by atomic mass is 10.1. The van der Waals surface area contributed by atoms with Crippen LogP contribution in [0.5, 0.6) is 0 Å². The third kappa shape index (κ3) is 3.17. The van der Waals surface area contributed by atoms with Crippen molar-refractivity contribution >= 4 is 5.78 Å². The molecule has 94 valence electrons. The van der Waals surface area contributed by atoms with Crippen LogP contribution in [0.4, 0.5) is 0 Å². The third-order valence-electron chi connectivity index (χ3n) is 2.50. The summed E-state index contributed by atoms with van der Waals surface area (Å²) in [5.74, 6) is -0.221. The summed E-state index contributed by atoms with van der Waals surface area (Å²) < 4.78 is 0. The molecule has 0 spiro atoms. The summed E-state index contributed by atoms with van der Waals surface area (Å²) in [6.07, 6.45) is 4.88. The fourth-order valence-corrected chi connectivity index (χ4v) is 1.69. The van der Waals surface area contributed by atoms with Crippen LogP contribution in [-0.4, -0.2) is 17.3 Å². The first-order valence-electron chi connectivity index (χ1n) is 6.12. The van der Waals surface area contributed by atoms with Crippen molar-refractivity contribution in [3.8, 4) is 0 Å². The summed E-state index contributed by atoms with van der Waals surface area (Å²) in [5, 5.41) is 3.09. The quantitative estimate of drug-likeness (QED) is 0.493. The molecule has 0 amide bonds. The molecule has 1 saturated heterocycles. The number of allylic oxidation sites excluding steroid dienone is 2. The highest BCUT2D eigenvalue weighted by Gasteiger charge is 2.19. The molecule has 1 aromatic heterocycles. The van der Waals surface area contributed by atoms with E-state index in [4.69, 9.17) is 6.57 Å². The van der Waals surface area contributed by atoms with E-state index in [2.05, 4.69) is 15.1 Å². The van der Waals surface area contributed by atoms with Crippen molar-refractivity contribution in [2.45, 2.75) is 26.7 Å². The van der Waals surface area contributed by atoms with E-state index in [1.807, 2.05) is 13.8 Å². The Hall–Kier alpha value is -2.15. The first-order chi connectivity index (χ1) is 8.83. The lowest BCUT2D eigenvalue weighted by molar-refractivity contribution is 0.103. The van der Waals surface area contributed by atoms with E-state index in [1.165, 1.54) is 0 Å².